The van der Waals surface area contributed by atoms with Gasteiger partial charge in [-0.15, -0.1) is 0 Å². The molecule has 1 unspecified atom stereocenters. The number of thioether (sulfide) groups is 1. The molecule has 6 aliphatic carbocycles. The van der Waals surface area contributed by atoms with Crippen LogP contribution in [0, 0.1) is 56.7 Å². The highest BCUT2D eigenvalue weighted by Crippen LogP contribution is 2.76. The van der Waals surface area contributed by atoms with E-state index in [1.807, 2.05) is 0 Å². The highest BCUT2D eigenvalue weighted by Gasteiger charge is 2.70. The summed E-state index contributed by atoms with van der Waals surface area (Å²) in [5.41, 5.74) is 3.49. The Bertz CT molecular complexity index is 1530. The third-order valence-corrected chi connectivity index (χ3v) is 18.7. The van der Waals surface area contributed by atoms with Gasteiger partial charge in [0.05, 0.1) is 5.41 Å². The van der Waals surface area contributed by atoms with Crippen molar-refractivity contribution in [1.29, 1.82) is 0 Å². The molecule has 0 amide bonds. The van der Waals surface area contributed by atoms with E-state index in [4.69, 9.17) is 0 Å². The van der Waals surface area contributed by atoms with E-state index in [2.05, 4.69) is 70.5 Å². The first-order valence-corrected chi connectivity index (χ1v) is 21.8. The van der Waals surface area contributed by atoms with Crippen molar-refractivity contribution in [3.63, 3.8) is 0 Å². The van der Waals surface area contributed by atoms with E-state index in [9.17, 15) is 24.2 Å². The third-order valence-electron chi connectivity index (χ3n) is 17.7. The molecular weight excluding hydrogens is 672 g/mol. The van der Waals surface area contributed by atoms with Crippen molar-refractivity contribution in [2.75, 3.05) is 37.8 Å². The number of nitrogens with one attached hydrogen (secondary N) is 1. The van der Waals surface area contributed by atoms with E-state index < -0.39 is 24.0 Å². The molecule has 6 nitrogen and oxygen atoms in total. The summed E-state index contributed by atoms with van der Waals surface area (Å²) in [6.07, 6.45) is 16.8. The fraction of sp³-hybridized carbons (Fsp3) is 0.818. The molecule has 4 saturated carbocycles. The van der Waals surface area contributed by atoms with Crippen molar-refractivity contribution < 1.29 is 24.2 Å². The maximum atomic E-state index is 14.0. The number of rotatable bonds is 9. The Morgan fingerprint density at radius 2 is 1.73 bits per heavy atom. The number of allylic oxidation sites excluding steroid dienone is 5. The van der Waals surface area contributed by atoms with Gasteiger partial charge in [0, 0.05) is 36.7 Å². The zero-order valence-electron chi connectivity index (χ0n) is 33.0. The molecule has 0 aromatic heterocycles. The SMILES string of the molecule is C=C(C)[C@@H]1CC[C@]2(NCCN3CCSCC3C(=O)O)CC[C@]3(C)[C@H](CC[C@@H]4[C@@]5(C)CC=C(C6=CC[C@@](CF)(C(=O)O)CC6)C(C)(C)[C@@H]5CC[C@]43C)[C@@H]12. The van der Waals surface area contributed by atoms with Crippen LogP contribution in [0.1, 0.15) is 119 Å². The molecule has 1 saturated heterocycles. The first-order valence-electron chi connectivity index (χ1n) is 20.6. The van der Waals surface area contributed by atoms with E-state index >= 15 is 0 Å². The molecule has 0 aromatic rings. The Morgan fingerprint density at radius 3 is 2.38 bits per heavy atom. The number of carboxylic acids is 2. The van der Waals surface area contributed by atoms with Crippen molar-refractivity contribution in [2.24, 2.45) is 56.7 Å². The average Bonchev–Trinajstić information content (AvgIpc) is 3.48. The van der Waals surface area contributed by atoms with Gasteiger partial charge in [-0.2, -0.15) is 11.8 Å². The highest BCUT2D eigenvalue weighted by molar-refractivity contribution is 7.99. The van der Waals surface area contributed by atoms with Crippen LogP contribution in [0.2, 0.25) is 0 Å². The van der Waals surface area contributed by atoms with Crippen molar-refractivity contribution in [2.45, 2.75) is 130 Å². The van der Waals surface area contributed by atoms with Crippen molar-refractivity contribution >= 4 is 23.7 Å². The van der Waals surface area contributed by atoms with Crippen LogP contribution in [-0.4, -0.2) is 76.4 Å². The predicted molar refractivity (Wildman–Crippen MR) is 209 cm³/mol. The highest BCUT2D eigenvalue weighted by atomic mass is 32.2. The molecule has 0 radical (unpaired) electrons. The maximum absolute atomic E-state index is 14.0. The van der Waals surface area contributed by atoms with E-state index in [-0.39, 0.29) is 39.7 Å². The minimum Gasteiger partial charge on any atom is -0.481 e. The van der Waals surface area contributed by atoms with Crippen LogP contribution >= 0.6 is 11.8 Å². The van der Waals surface area contributed by atoms with Crippen LogP contribution in [0.4, 0.5) is 4.39 Å². The summed E-state index contributed by atoms with van der Waals surface area (Å²) in [6, 6.07) is -0.380. The van der Waals surface area contributed by atoms with Crippen molar-refractivity contribution in [1.82, 2.24) is 10.2 Å². The van der Waals surface area contributed by atoms with Gasteiger partial charge in [0.2, 0.25) is 0 Å². The minimum atomic E-state index is -1.26. The standard InChI is InChI=1S/C44H67FN2O4S/c1-28(2)30-12-19-44(46-22-23-47-24-25-52-26-33(47)37(48)49)21-20-41(6)32(36(30)44)8-9-35-40(5)15-13-31(39(3,4)34(40)14-16-42(35,41)7)29-10-17-43(27-45,18-11-29)38(50)51/h10,13,30,32-36,46H,1,8-9,11-12,14-27H2,2-7H3,(H,48,49)(H,50,51)/t30-,32+,33?,34-,35+,36+,40-,41+,42+,43+,44-/m0/s1. The van der Waals surface area contributed by atoms with Gasteiger partial charge in [0.15, 0.2) is 0 Å². The lowest BCUT2D eigenvalue weighted by molar-refractivity contribution is -0.221. The van der Waals surface area contributed by atoms with Crippen LogP contribution in [0.3, 0.4) is 0 Å². The van der Waals surface area contributed by atoms with E-state index in [0.29, 0.717) is 48.2 Å². The van der Waals surface area contributed by atoms with Gasteiger partial charge in [-0.1, -0.05) is 58.9 Å². The quantitative estimate of drug-likeness (QED) is 0.203. The van der Waals surface area contributed by atoms with Crippen LogP contribution in [0.5, 0.6) is 0 Å². The number of fused-ring (bicyclic) bond motifs is 7. The lowest BCUT2D eigenvalue weighted by atomic mass is 9.33. The first kappa shape index (κ1) is 38.6. The summed E-state index contributed by atoms with van der Waals surface area (Å²) in [6.45, 7) is 21.4. The third kappa shape index (κ3) is 5.67. The smallest absolute Gasteiger partial charge is 0.321 e. The lowest BCUT2D eigenvalue weighted by Gasteiger charge is -2.72. The van der Waals surface area contributed by atoms with Gasteiger partial charge in [-0.25, -0.2) is 4.39 Å². The number of hydrogen-bond acceptors (Lipinski definition) is 5. The second-order valence-electron chi connectivity index (χ2n) is 19.9. The molecule has 1 aliphatic heterocycles. The second-order valence-corrected chi connectivity index (χ2v) is 21.1. The average molecular weight is 739 g/mol. The summed E-state index contributed by atoms with van der Waals surface area (Å²) < 4.78 is 14.0. The number of carbonyl (C=O) groups is 2. The summed E-state index contributed by atoms with van der Waals surface area (Å²) >= 11 is 1.76. The topological polar surface area (TPSA) is 89.9 Å². The molecule has 290 valence electrons. The first-order chi connectivity index (χ1) is 24.5. The zero-order valence-corrected chi connectivity index (χ0v) is 33.8. The molecule has 7 rings (SSSR count). The number of aliphatic carboxylic acids is 2. The van der Waals surface area contributed by atoms with Crippen LogP contribution < -0.4 is 5.32 Å². The van der Waals surface area contributed by atoms with Crippen LogP contribution in [-0.2, 0) is 9.59 Å². The number of halogens is 1. The fourth-order valence-electron chi connectivity index (χ4n) is 14.7. The monoisotopic (exact) mass is 738 g/mol. The number of carboxylic acid groups (broad SMARTS) is 2. The molecule has 1 heterocycles. The fourth-order valence-corrected chi connectivity index (χ4v) is 15.8. The summed E-state index contributed by atoms with van der Waals surface area (Å²) in [7, 11) is 0. The van der Waals surface area contributed by atoms with Gasteiger partial charge in [-0.3, -0.25) is 14.5 Å². The number of nitrogens with zero attached hydrogens (tertiary/aromatic N) is 1. The summed E-state index contributed by atoms with van der Waals surface area (Å²) in [5.74, 6) is 2.92. The van der Waals surface area contributed by atoms with Crippen molar-refractivity contribution in [3.8, 4) is 0 Å². The zero-order chi connectivity index (χ0) is 37.5. The van der Waals surface area contributed by atoms with Crippen LogP contribution in [0.25, 0.3) is 0 Å². The number of hydrogen-bond donors (Lipinski definition) is 3. The lowest BCUT2D eigenvalue weighted by Crippen LogP contribution is -2.68. The molecule has 0 aromatic carbocycles. The van der Waals surface area contributed by atoms with Crippen LogP contribution in [0.15, 0.2) is 35.5 Å². The van der Waals surface area contributed by atoms with E-state index in [0.717, 1.165) is 31.8 Å². The molecular formula is C44H67FN2O4S. The Balaban J connectivity index is 1.14. The molecule has 7 aliphatic rings. The molecule has 11 atom stereocenters. The van der Waals surface area contributed by atoms with Gasteiger partial charge >= 0.3 is 11.9 Å². The normalized spacial score (nSPS) is 45.8. The molecule has 5 fully saturated rings. The van der Waals surface area contributed by atoms with Gasteiger partial charge < -0.3 is 15.5 Å². The molecule has 0 spiro atoms. The van der Waals surface area contributed by atoms with E-state index in [1.165, 1.54) is 68.1 Å². The second kappa shape index (κ2) is 13.5. The Morgan fingerprint density at radius 1 is 0.962 bits per heavy atom. The summed E-state index contributed by atoms with van der Waals surface area (Å²) in [5, 5.41) is 23.9. The Hall–Kier alpha value is -1.64. The number of alkyl halides is 1. The molecule has 52 heavy (non-hydrogen) atoms. The molecule has 8 heteroatoms. The molecule has 0 bridgehead atoms. The maximum Gasteiger partial charge on any atom is 0.321 e. The predicted octanol–water partition coefficient (Wildman–Crippen LogP) is 9.18. The van der Waals surface area contributed by atoms with Gasteiger partial charge in [0.1, 0.15) is 12.7 Å². The largest absolute Gasteiger partial charge is 0.481 e. The molecule has 3 N–H and O–H groups in total. The Labute approximate surface area is 317 Å². The van der Waals surface area contributed by atoms with E-state index in [1.54, 1.807) is 11.8 Å². The van der Waals surface area contributed by atoms with Gasteiger partial charge in [-0.05, 0) is 146 Å². The summed E-state index contributed by atoms with van der Waals surface area (Å²) in [4.78, 5) is 26.2. The Kier molecular flexibility index (Phi) is 10.1. The van der Waals surface area contributed by atoms with Gasteiger partial charge in [0.25, 0.3) is 0 Å². The van der Waals surface area contributed by atoms with Crippen molar-refractivity contribution in [3.05, 3.63) is 35.5 Å². The minimum absolute atomic E-state index is 0.0221.